The lowest BCUT2D eigenvalue weighted by atomic mass is 9.94. The van der Waals surface area contributed by atoms with Gasteiger partial charge in [-0.3, -0.25) is 0 Å². The van der Waals surface area contributed by atoms with E-state index in [1.165, 1.54) is 11.1 Å². The lowest BCUT2D eigenvalue weighted by Crippen LogP contribution is -2.39. The molecule has 0 bridgehead atoms. The van der Waals surface area contributed by atoms with Crippen LogP contribution in [0.1, 0.15) is 64.6 Å². The van der Waals surface area contributed by atoms with E-state index in [9.17, 15) is 0 Å². The molecule has 0 amide bonds. The van der Waals surface area contributed by atoms with Crippen molar-refractivity contribution in [3.8, 4) is 0 Å². The number of hydrogen-bond donors (Lipinski definition) is 2. The van der Waals surface area contributed by atoms with Crippen molar-refractivity contribution in [1.82, 2.24) is 5.32 Å². The van der Waals surface area contributed by atoms with Crippen LogP contribution >= 0.6 is 11.8 Å². The Hall–Kier alpha value is -0.510. The molecule has 2 nitrogen and oxygen atoms in total. The molecule has 0 aromatic heterocycles. The summed E-state index contributed by atoms with van der Waals surface area (Å²) in [7, 11) is 0. The van der Waals surface area contributed by atoms with Crippen molar-refractivity contribution in [2.24, 2.45) is 0 Å². The van der Waals surface area contributed by atoms with Gasteiger partial charge in [0, 0.05) is 22.9 Å². The fourth-order valence-corrected chi connectivity index (χ4v) is 2.75. The summed E-state index contributed by atoms with van der Waals surface area (Å²) in [4.78, 5) is 0. The highest BCUT2D eigenvalue weighted by molar-refractivity contribution is 7.99. The molecule has 0 spiro atoms. The zero-order valence-corrected chi connectivity index (χ0v) is 15.2. The molecule has 1 aromatic carbocycles. The maximum absolute atomic E-state index is 9.11. The molecule has 2 N–H and O–H groups in total. The molecule has 3 heteroatoms. The van der Waals surface area contributed by atoms with Gasteiger partial charge in [-0.1, -0.05) is 24.3 Å². The predicted molar refractivity (Wildman–Crippen MR) is 94.9 cm³/mol. The molecular weight excluding hydrogens is 278 g/mol. The molecule has 0 radical (unpaired) electrons. The molecule has 21 heavy (non-hydrogen) atoms. The second-order valence-electron chi connectivity index (χ2n) is 7.15. The van der Waals surface area contributed by atoms with Crippen LogP contribution in [-0.4, -0.2) is 23.5 Å². The van der Waals surface area contributed by atoms with Crippen molar-refractivity contribution >= 4 is 11.8 Å². The summed E-state index contributed by atoms with van der Waals surface area (Å²) in [5, 5.41) is 12.8. The van der Waals surface area contributed by atoms with Crippen LogP contribution in [-0.2, 0) is 4.75 Å². The zero-order chi connectivity index (χ0) is 16.1. The van der Waals surface area contributed by atoms with Crippen LogP contribution < -0.4 is 5.32 Å². The summed E-state index contributed by atoms with van der Waals surface area (Å²) < 4.78 is 0.149. The number of thioether (sulfide) groups is 1. The third-order valence-corrected chi connectivity index (χ3v) is 5.03. The molecular formula is C18H31NOS. The van der Waals surface area contributed by atoms with E-state index in [2.05, 4.69) is 70.5 Å². The number of benzene rings is 1. The van der Waals surface area contributed by atoms with Crippen LogP contribution in [0.5, 0.6) is 0 Å². The minimum Gasteiger partial charge on any atom is -0.396 e. The predicted octanol–water partition coefficient (Wildman–Crippen LogP) is 4.49. The number of nitrogens with one attached hydrogen (secondary N) is 1. The molecule has 0 aliphatic rings. The Morgan fingerprint density at radius 1 is 1.10 bits per heavy atom. The number of aliphatic hydroxyl groups excluding tert-OH is 1. The normalized spacial score (nSPS) is 14.2. The maximum Gasteiger partial charge on any atom is 0.0431 e. The monoisotopic (exact) mass is 309 g/mol. The van der Waals surface area contributed by atoms with Crippen LogP contribution in [0.15, 0.2) is 24.3 Å². The van der Waals surface area contributed by atoms with Gasteiger partial charge in [0.15, 0.2) is 0 Å². The van der Waals surface area contributed by atoms with Crippen LogP contribution in [0.25, 0.3) is 0 Å². The van der Waals surface area contributed by atoms with Gasteiger partial charge < -0.3 is 10.4 Å². The average Bonchev–Trinajstić information content (AvgIpc) is 2.42. The molecule has 0 heterocycles. The SMILES string of the molecule is CSC(C)(C)c1ccc(C(CCCO)NC(C)(C)C)cc1. The van der Waals surface area contributed by atoms with Crippen LogP contribution in [0.2, 0.25) is 0 Å². The highest BCUT2D eigenvalue weighted by Crippen LogP contribution is 2.34. The van der Waals surface area contributed by atoms with Crippen molar-refractivity contribution in [3.05, 3.63) is 35.4 Å². The summed E-state index contributed by atoms with van der Waals surface area (Å²) in [6.45, 7) is 11.3. The van der Waals surface area contributed by atoms with E-state index >= 15 is 0 Å². The van der Waals surface area contributed by atoms with Crippen molar-refractivity contribution < 1.29 is 5.11 Å². The fraction of sp³-hybridized carbons (Fsp3) is 0.667. The Bertz CT molecular complexity index is 420. The summed E-state index contributed by atoms with van der Waals surface area (Å²) in [6, 6.07) is 9.23. The minimum atomic E-state index is 0.0668. The Morgan fingerprint density at radius 3 is 2.10 bits per heavy atom. The first kappa shape index (κ1) is 18.5. The molecule has 1 atom stereocenters. The quantitative estimate of drug-likeness (QED) is 0.778. The standard InChI is InChI=1S/C18H31NOS/c1-17(2,3)19-16(8-7-13-20)14-9-11-15(12-10-14)18(4,5)21-6/h9-12,16,19-20H,7-8,13H2,1-6H3. The van der Waals surface area contributed by atoms with Crippen LogP contribution in [0, 0.1) is 0 Å². The molecule has 0 aliphatic heterocycles. The van der Waals surface area contributed by atoms with Crippen LogP contribution in [0.3, 0.4) is 0 Å². The third-order valence-electron chi connectivity index (χ3n) is 3.78. The van der Waals surface area contributed by atoms with Gasteiger partial charge in [-0.15, -0.1) is 0 Å². The largest absolute Gasteiger partial charge is 0.396 e. The van der Waals surface area contributed by atoms with Gasteiger partial charge in [0.25, 0.3) is 0 Å². The smallest absolute Gasteiger partial charge is 0.0431 e. The van der Waals surface area contributed by atoms with Crippen molar-refractivity contribution in [2.45, 2.75) is 63.8 Å². The van der Waals surface area contributed by atoms with Crippen molar-refractivity contribution in [3.63, 3.8) is 0 Å². The highest BCUT2D eigenvalue weighted by atomic mass is 32.2. The van der Waals surface area contributed by atoms with E-state index in [0.717, 1.165) is 12.8 Å². The van der Waals surface area contributed by atoms with E-state index in [4.69, 9.17) is 5.11 Å². The zero-order valence-electron chi connectivity index (χ0n) is 14.4. The van der Waals surface area contributed by atoms with Gasteiger partial charge in [-0.25, -0.2) is 0 Å². The number of rotatable bonds is 7. The summed E-state index contributed by atoms with van der Waals surface area (Å²) in [5.74, 6) is 0. The topological polar surface area (TPSA) is 32.3 Å². The number of hydrogen-bond acceptors (Lipinski definition) is 3. The fourth-order valence-electron chi connectivity index (χ4n) is 2.37. The molecule has 0 fully saturated rings. The molecule has 1 rings (SSSR count). The second kappa shape index (κ2) is 7.66. The summed E-state index contributed by atoms with van der Waals surface area (Å²) in [5.41, 5.74) is 2.73. The van der Waals surface area contributed by atoms with E-state index in [1.807, 2.05) is 11.8 Å². The maximum atomic E-state index is 9.11. The van der Waals surface area contributed by atoms with Gasteiger partial charge in [-0.2, -0.15) is 11.8 Å². The number of aliphatic hydroxyl groups is 1. The molecule has 1 aromatic rings. The Labute approximate surface area is 134 Å². The average molecular weight is 310 g/mol. The van der Waals surface area contributed by atoms with E-state index in [1.54, 1.807) is 0 Å². The molecule has 1 unspecified atom stereocenters. The Kier molecular flexibility index (Phi) is 6.76. The van der Waals surface area contributed by atoms with Crippen molar-refractivity contribution in [2.75, 3.05) is 12.9 Å². The summed E-state index contributed by atoms with van der Waals surface area (Å²) >= 11 is 1.87. The first-order chi connectivity index (χ1) is 9.69. The van der Waals surface area contributed by atoms with Gasteiger partial charge in [0.05, 0.1) is 0 Å². The van der Waals surface area contributed by atoms with Gasteiger partial charge >= 0.3 is 0 Å². The van der Waals surface area contributed by atoms with Gasteiger partial charge in [-0.05, 0) is 64.8 Å². The first-order valence-corrected chi connectivity index (χ1v) is 8.96. The van der Waals surface area contributed by atoms with Gasteiger partial charge in [0.2, 0.25) is 0 Å². The van der Waals surface area contributed by atoms with E-state index in [-0.39, 0.29) is 16.9 Å². The van der Waals surface area contributed by atoms with E-state index in [0.29, 0.717) is 6.04 Å². The van der Waals surface area contributed by atoms with Crippen molar-refractivity contribution in [1.29, 1.82) is 0 Å². The highest BCUT2D eigenvalue weighted by Gasteiger charge is 2.21. The van der Waals surface area contributed by atoms with E-state index < -0.39 is 0 Å². The third kappa shape index (κ3) is 6.01. The first-order valence-electron chi connectivity index (χ1n) is 7.74. The molecule has 120 valence electrons. The van der Waals surface area contributed by atoms with Crippen LogP contribution in [0.4, 0.5) is 0 Å². The Balaban J connectivity index is 2.92. The lowest BCUT2D eigenvalue weighted by molar-refractivity contribution is 0.264. The summed E-state index contributed by atoms with van der Waals surface area (Å²) in [6.07, 6.45) is 3.93. The Morgan fingerprint density at radius 2 is 1.67 bits per heavy atom. The van der Waals surface area contributed by atoms with Gasteiger partial charge in [0.1, 0.15) is 0 Å². The lowest BCUT2D eigenvalue weighted by Gasteiger charge is -2.30. The molecule has 0 saturated heterocycles. The molecule has 0 aliphatic carbocycles. The molecule has 0 saturated carbocycles. The minimum absolute atomic E-state index is 0.0668. The second-order valence-corrected chi connectivity index (χ2v) is 8.58.